The summed E-state index contributed by atoms with van der Waals surface area (Å²) in [4.78, 5) is 16.0. The third-order valence-corrected chi connectivity index (χ3v) is 3.98. The number of pyridine rings is 1. The van der Waals surface area contributed by atoms with Gasteiger partial charge >= 0.3 is 0 Å². The van der Waals surface area contributed by atoms with Gasteiger partial charge in [0.05, 0.1) is 11.7 Å². The number of fused-ring (bicyclic) bond motifs is 1. The molecule has 1 aromatic carbocycles. The topological polar surface area (TPSA) is 67.7 Å². The number of ether oxygens (including phenoxy) is 1. The molecular weight excluding hydrogens is 316 g/mol. The normalized spacial score (nSPS) is 12.1. The Hall–Kier alpha value is -2.86. The molecule has 0 fully saturated rings. The number of imidazole rings is 1. The van der Waals surface area contributed by atoms with Crippen molar-refractivity contribution in [3.8, 4) is 5.75 Å². The van der Waals surface area contributed by atoms with Crippen LogP contribution in [-0.4, -0.2) is 28.4 Å². The van der Waals surface area contributed by atoms with Crippen LogP contribution in [0.5, 0.6) is 5.75 Å². The van der Waals surface area contributed by atoms with E-state index in [0.29, 0.717) is 13.2 Å². The summed E-state index contributed by atoms with van der Waals surface area (Å²) in [6.07, 6.45) is 3.93. The van der Waals surface area contributed by atoms with Gasteiger partial charge in [-0.15, -0.1) is 0 Å². The molecular formula is C19H22N4O2. The Kier molecular flexibility index (Phi) is 5.30. The van der Waals surface area contributed by atoms with E-state index in [1.807, 2.05) is 66.2 Å². The average Bonchev–Trinajstić information content (AvgIpc) is 3.07. The molecule has 0 spiro atoms. The first-order chi connectivity index (χ1) is 12.2. The summed E-state index contributed by atoms with van der Waals surface area (Å²) in [6, 6.07) is 13.5. The fourth-order valence-electron chi connectivity index (χ4n) is 2.50. The summed E-state index contributed by atoms with van der Waals surface area (Å²) in [5.74, 6) is 0.771. The highest BCUT2D eigenvalue weighted by Crippen LogP contribution is 2.14. The number of hydrogen-bond acceptors (Lipinski definition) is 4. The molecule has 1 atom stereocenters. The van der Waals surface area contributed by atoms with Gasteiger partial charge in [-0.2, -0.15) is 0 Å². The molecule has 2 heterocycles. The molecule has 3 aromatic rings. The Morgan fingerprint density at radius 3 is 2.76 bits per heavy atom. The van der Waals surface area contributed by atoms with E-state index in [0.717, 1.165) is 22.7 Å². The highest BCUT2D eigenvalue weighted by atomic mass is 16.5. The lowest BCUT2D eigenvalue weighted by Crippen LogP contribution is -2.40. The molecule has 0 saturated carbocycles. The van der Waals surface area contributed by atoms with E-state index in [1.54, 1.807) is 7.05 Å². The molecule has 6 nitrogen and oxygen atoms in total. The van der Waals surface area contributed by atoms with Crippen molar-refractivity contribution in [3.05, 3.63) is 66.1 Å². The van der Waals surface area contributed by atoms with E-state index >= 15 is 0 Å². The van der Waals surface area contributed by atoms with E-state index in [4.69, 9.17) is 4.74 Å². The minimum atomic E-state index is -0.226. The molecule has 0 aliphatic carbocycles. The highest BCUT2D eigenvalue weighted by molar-refractivity contribution is 5.80. The zero-order valence-electron chi connectivity index (χ0n) is 14.4. The van der Waals surface area contributed by atoms with E-state index in [9.17, 15) is 4.79 Å². The Bertz CT molecular complexity index is 809. The minimum Gasteiger partial charge on any atom is -0.487 e. The highest BCUT2D eigenvalue weighted by Gasteiger charge is 2.09. The van der Waals surface area contributed by atoms with Gasteiger partial charge < -0.3 is 19.8 Å². The maximum atomic E-state index is 11.5. The van der Waals surface area contributed by atoms with E-state index < -0.39 is 0 Å². The first-order valence-electron chi connectivity index (χ1n) is 8.25. The molecule has 0 aliphatic heterocycles. The number of carbonyl (C=O) groups is 1. The first-order valence-corrected chi connectivity index (χ1v) is 8.25. The van der Waals surface area contributed by atoms with Crippen LogP contribution >= 0.6 is 0 Å². The largest absolute Gasteiger partial charge is 0.487 e. The molecule has 0 radical (unpaired) electrons. The van der Waals surface area contributed by atoms with Gasteiger partial charge in [0.25, 0.3) is 0 Å². The molecule has 25 heavy (non-hydrogen) atoms. The maximum Gasteiger partial charge on any atom is 0.236 e. The number of likely N-dealkylation sites (N-methyl/N-ethyl adjacent to an activating group) is 1. The van der Waals surface area contributed by atoms with Crippen LogP contribution in [0.25, 0.3) is 5.65 Å². The summed E-state index contributed by atoms with van der Waals surface area (Å²) in [5.41, 5.74) is 2.89. The van der Waals surface area contributed by atoms with Crippen LogP contribution in [-0.2, 0) is 17.9 Å². The fraction of sp³-hybridized carbons (Fsp3) is 0.263. The summed E-state index contributed by atoms with van der Waals surface area (Å²) in [6.45, 7) is 2.89. The maximum absolute atomic E-state index is 11.5. The SMILES string of the molecule is CNC(=O)C(C)NCc1ccc(OCc2cn3ccccc3n2)cc1. The molecule has 130 valence electrons. The predicted molar refractivity (Wildman–Crippen MR) is 96.3 cm³/mol. The molecule has 0 aliphatic rings. The van der Waals surface area contributed by atoms with Crippen LogP contribution in [0, 0.1) is 0 Å². The van der Waals surface area contributed by atoms with Crippen LogP contribution < -0.4 is 15.4 Å². The van der Waals surface area contributed by atoms with E-state index in [1.165, 1.54) is 0 Å². The molecule has 1 unspecified atom stereocenters. The molecule has 6 heteroatoms. The first kappa shape index (κ1) is 17.0. The lowest BCUT2D eigenvalue weighted by atomic mass is 10.2. The van der Waals surface area contributed by atoms with Crippen LogP contribution in [0.1, 0.15) is 18.2 Å². The monoisotopic (exact) mass is 338 g/mol. The Morgan fingerprint density at radius 2 is 2.04 bits per heavy atom. The van der Waals surface area contributed by atoms with Gasteiger partial charge in [0, 0.05) is 26.0 Å². The zero-order valence-corrected chi connectivity index (χ0v) is 14.4. The zero-order chi connectivity index (χ0) is 17.6. The quantitative estimate of drug-likeness (QED) is 0.693. The number of rotatable bonds is 7. The summed E-state index contributed by atoms with van der Waals surface area (Å²) < 4.78 is 7.77. The van der Waals surface area contributed by atoms with E-state index in [-0.39, 0.29) is 11.9 Å². The summed E-state index contributed by atoms with van der Waals surface area (Å²) >= 11 is 0. The van der Waals surface area contributed by atoms with Gasteiger partial charge in [-0.25, -0.2) is 4.98 Å². The van der Waals surface area contributed by atoms with Crippen molar-refractivity contribution in [2.45, 2.75) is 26.1 Å². The number of carbonyl (C=O) groups excluding carboxylic acids is 1. The standard InChI is InChI=1S/C19H22N4O2/c1-14(19(24)20-2)21-11-15-6-8-17(9-7-15)25-13-16-12-23-10-4-3-5-18(23)22-16/h3-10,12,14,21H,11,13H2,1-2H3,(H,20,24). The minimum absolute atomic E-state index is 0.0209. The van der Waals surface area contributed by atoms with Crippen molar-refractivity contribution in [3.63, 3.8) is 0 Å². The van der Waals surface area contributed by atoms with Crippen LogP contribution in [0.2, 0.25) is 0 Å². The van der Waals surface area contributed by atoms with Crippen molar-refractivity contribution in [1.29, 1.82) is 0 Å². The summed E-state index contributed by atoms with van der Waals surface area (Å²) in [7, 11) is 1.63. The lowest BCUT2D eigenvalue weighted by Gasteiger charge is -2.12. The third kappa shape index (κ3) is 4.36. The van der Waals surface area contributed by atoms with Crippen molar-refractivity contribution in [1.82, 2.24) is 20.0 Å². The van der Waals surface area contributed by atoms with Crippen molar-refractivity contribution < 1.29 is 9.53 Å². The van der Waals surface area contributed by atoms with Gasteiger partial charge in [-0.3, -0.25) is 4.79 Å². The number of hydrogen-bond donors (Lipinski definition) is 2. The van der Waals surface area contributed by atoms with Crippen LogP contribution in [0.4, 0.5) is 0 Å². The Morgan fingerprint density at radius 1 is 1.24 bits per heavy atom. The number of aromatic nitrogens is 2. The summed E-state index contributed by atoms with van der Waals surface area (Å²) in [5, 5.41) is 5.80. The van der Waals surface area contributed by atoms with Crippen LogP contribution in [0.15, 0.2) is 54.9 Å². The van der Waals surface area contributed by atoms with Crippen LogP contribution in [0.3, 0.4) is 0 Å². The fourth-order valence-corrected chi connectivity index (χ4v) is 2.50. The van der Waals surface area contributed by atoms with E-state index in [2.05, 4.69) is 15.6 Å². The molecule has 1 amide bonds. The second-order valence-corrected chi connectivity index (χ2v) is 5.85. The van der Waals surface area contributed by atoms with Gasteiger partial charge in [-0.1, -0.05) is 18.2 Å². The Balaban J connectivity index is 1.53. The number of benzene rings is 1. The number of nitrogens with one attached hydrogen (secondary N) is 2. The average molecular weight is 338 g/mol. The second kappa shape index (κ2) is 7.81. The Labute approximate surface area is 146 Å². The molecule has 0 bridgehead atoms. The second-order valence-electron chi connectivity index (χ2n) is 5.85. The number of nitrogens with zero attached hydrogens (tertiary/aromatic N) is 2. The van der Waals surface area contributed by atoms with Gasteiger partial charge in [0.15, 0.2) is 0 Å². The molecule has 2 aromatic heterocycles. The molecule has 0 saturated heterocycles. The van der Waals surface area contributed by atoms with Gasteiger partial charge in [-0.05, 0) is 36.8 Å². The smallest absolute Gasteiger partial charge is 0.236 e. The van der Waals surface area contributed by atoms with Crippen molar-refractivity contribution >= 4 is 11.6 Å². The van der Waals surface area contributed by atoms with Gasteiger partial charge in [0.1, 0.15) is 18.0 Å². The third-order valence-electron chi connectivity index (χ3n) is 3.98. The lowest BCUT2D eigenvalue weighted by molar-refractivity contribution is -0.122. The number of amides is 1. The van der Waals surface area contributed by atoms with Crippen molar-refractivity contribution in [2.75, 3.05) is 7.05 Å². The molecule has 3 rings (SSSR count). The van der Waals surface area contributed by atoms with Crippen molar-refractivity contribution in [2.24, 2.45) is 0 Å². The molecule has 2 N–H and O–H groups in total. The predicted octanol–water partition coefficient (Wildman–Crippen LogP) is 2.14. The van der Waals surface area contributed by atoms with Gasteiger partial charge in [0.2, 0.25) is 5.91 Å².